The highest BCUT2D eigenvalue weighted by Crippen LogP contribution is 2.31. The molecular formula is C16H18N2O2. The molecule has 1 atom stereocenters. The fourth-order valence-electron chi connectivity index (χ4n) is 2.75. The predicted octanol–water partition coefficient (Wildman–Crippen LogP) is 3.32. The molecule has 0 radical (unpaired) electrons. The Balaban J connectivity index is 1.99. The Kier molecular flexibility index (Phi) is 3.30. The van der Waals surface area contributed by atoms with Crippen molar-refractivity contribution in [2.75, 3.05) is 0 Å². The van der Waals surface area contributed by atoms with Crippen molar-refractivity contribution in [2.24, 2.45) is 5.92 Å². The van der Waals surface area contributed by atoms with Crippen LogP contribution in [0.15, 0.2) is 30.5 Å². The molecule has 1 aromatic carbocycles. The van der Waals surface area contributed by atoms with E-state index in [0.29, 0.717) is 0 Å². The van der Waals surface area contributed by atoms with E-state index in [0.717, 1.165) is 29.7 Å². The van der Waals surface area contributed by atoms with Gasteiger partial charge in [-0.3, -0.25) is 9.48 Å². The molecule has 1 heterocycles. The number of rotatable bonds is 3. The van der Waals surface area contributed by atoms with Crippen LogP contribution in [0.2, 0.25) is 0 Å². The van der Waals surface area contributed by atoms with Gasteiger partial charge in [0.1, 0.15) is 6.54 Å². The molecule has 1 unspecified atom stereocenters. The van der Waals surface area contributed by atoms with Gasteiger partial charge >= 0.3 is 5.97 Å². The third-order valence-electron chi connectivity index (χ3n) is 3.97. The van der Waals surface area contributed by atoms with Gasteiger partial charge in [0.25, 0.3) is 0 Å². The van der Waals surface area contributed by atoms with E-state index in [1.807, 2.05) is 6.07 Å². The third kappa shape index (κ3) is 2.46. The second-order valence-electron chi connectivity index (χ2n) is 5.58. The number of carboxylic acid groups (broad SMARTS) is 1. The summed E-state index contributed by atoms with van der Waals surface area (Å²) in [5.41, 5.74) is 3.45. The maximum Gasteiger partial charge on any atom is 0.325 e. The lowest BCUT2D eigenvalue weighted by molar-refractivity contribution is -0.137. The van der Waals surface area contributed by atoms with Crippen molar-refractivity contribution in [3.63, 3.8) is 0 Å². The van der Waals surface area contributed by atoms with Crippen LogP contribution in [0.1, 0.15) is 31.7 Å². The van der Waals surface area contributed by atoms with E-state index >= 15 is 0 Å². The number of hydrogen-bond acceptors (Lipinski definition) is 2. The number of carbonyl (C=O) groups is 1. The Hall–Kier alpha value is -2.10. The highest BCUT2D eigenvalue weighted by molar-refractivity contribution is 5.84. The van der Waals surface area contributed by atoms with Crippen molar-refractivity contribution < 1.29 is 9.90 Å². The average Bonchev–Trinajstić information content (AvgIpc) is 2.81. The molecule has 0 spiro atoms. The number of hydrogen-bond donors (Lipinski definition) is 1. The number of carboxylic acids is 1. The third-order valence-corrected chi connectivity index (χ3v) is 3.97. The zero-order valence-electron chi connectivity index (χ0n) is 11.5. The standard InChI is InChI=1S/C16H18N2O2/c1-11-2-4-12(5-3-11)13-6-7-14-9-17-18(10-16(19)20)15(14)8-13/h4,6-9,11H,2-3,5,10H2,1H3,(H,19,20). The largest absolute Gasteiger partial charge is 0.480 e. The first-order valence-corrected chi connectivity index (χ1v) is 7.00. The lowest BCUT2D eigenvalue weighted by atomic mass is 9.87. The van der Waals surface area contributed by atoms with Gasteiger partial charge in [-0.2, -0.15) is 5.10 Å². The maximum atomic E-state index is 10.9. The number of allylic oxidation sites excluding steroid dienone is 2. The fourth-order valence-corrected chi connectivity index (χ4v) is 2.75. The first-order chi connectivity index (χ1) is 9.63. The number of aliphatic carboxylic acids is 1. The van der Waals surface area contributed by atoms with Crippen molar-refractivity contribution in [1.82, 2.24) is 9.78 Å². The molecule has 0 bridgehead atoms. The van der Waals surface area contributed by atoms with Gasteiger partial charge in [0.15, 0.2) is 0 Å². The highest BCUT2D eigenvalue weighted by atomic mass is 16.4. The molecule has 0 amide bonds. The van der Waals surface area contributed by atoms with Crippen LogP contribution in [0.3, 0.4) is 0 Å². The van der Waals surface area contributed by atoms with Crippen LogP contribution in [0.4, 0.5) is 0 Å². The summed E-state index contributed by atoms with van der Waals surface area (Å²) >= 11 is 0. The minimum Gasteiger partial charge on any atom is -0.480 e. The van der Waals surface area contributed by atoms with Gasteiger partial charge in [-0.1, -0.05) is 25.1 Å². The van der Waals surface area contributed by atoms with Crippen LogP contribution >= 0.6 is 0 Å². The van der Waals surface area contributed by atoms with Crippen LogP contribution in [-0.4, -0.2) is 20.9 Å². The number of benzene rings is 1. The molecule has 1 aromatic heterocycles. The molecule has 0 fully saturated rings. The molecule has 1 aliphatic rings. The summed E-state index contributed by atoms with van der Waals surface area (Å²) in [6.07, 6.45) is 7.48. The fraction of sp³-hybridized carbons (Fsp3) is 0.375. The van der Waals surface area contributed by atoms with Crippen LogP contribution in [0.25, 0.3) is 16.5 Å². The van der Waals surface area contributed by atoms with Crippen LogP contribution in [0.5, 0.6) is 0 Å². The zero-order chi connectivity index (χ0) is 14.1. The molecular weight excluding hydrogens is 252 g/mol. The van der Waals surface area contributed by atoms with Crippen LogP contribution in [-0.2, 0) is 11.3 Å². The Bertz CT molecular complexity index is 685. The Morgan fingerprint density at radius 1 is 1.50 bits per heavy atom. The van der Waals surface area contributed by atoms with E-state index in [1.165, 1.54) is 17.6 Å². The molecule has 0 saturated heterocycles. The van der Waals surface area contributed by atoms with E-state index in [4.69, 9.17) is 5.11 Å². The summed E-state index contributed by atoms with van der Waals surface area (Å²) in [6, 6.07) is 6.19. The van der Waals surface area contributed by atoms with Gasteiger partial charge in [-0.25, -0.2) is 0 Å². The summed E-state index contributed by atoms with van der Waals surface area (Å²) < 4.78 is 1.55. The lowest BCUT2D eigenvalue weighted by Crippen LogP contribution is -2.09. The molecule has 4 heteroatoms. The summed E-state index contributed by atoms with van der Waals surface area (Å²) in [5, 5.41) is 14.1. The smallest absolute Gasteiger partial charge is 0.325 e. The van der Waals surface area contributed by atoms with E-state index in [-0.39, 0.29) is 6.54 Å². The van der Waals surface area contributed by atoms with Gasteiger partial charge in [0.05, 0.1) is 11.7 Å². The Morgan fingerprint density at radius 2 is 2.35 bits per heavy atom. The summed E-state index contributed by atoms with van der Waals surface area (Å²) in [4.78, 5) is 10.9. The molecule has 20 heavy (non-hydrogen) atoms. The molecule has 3 rings (SSSR count). The number of nitrogens with zero attached hydrogens (tertiary/aromatic N) is 2. The average molecular weight is 270 g/mol. The Labute approximate surface area is 117 Å². The van der Waals surface area contributed by atoms with Crippen molar-refractivity contribution in [3.8, 4) is 0 Å². The van der Waals surface area contributed by atoms with Crippen LogP contribution < -0.4 is 0 Å². The molecule has 2 aromatic rings. The minimum absolute atomic E-state index is 0.0942. The normalized spacial score (nSPS) is 19.1. The van der Waals surface area contributed by atoms with Crippen molar-refractivity contribution >= 4 is 22.4 Å². The molecule has 4 nitrogen and oxygen atoms in total. The minimum atomic E-state index is -0.869. The second-order valence-corrected chi connectivity index (χ2v) is 5.58. The lowest BCUT2D eigenvalue weighted by Gasteiger charge is -2.18. The number of aromatic nitrogens is 2. The van der Waals surface area contributed by atoms with Gasteiger partial charge < -0.3 is 5.11 Å². The summed E-state index contributed by atoms with van der Waals surface area (Å²) in [5.74, 6) is -0.105. The molecule has 0 saturated carbocycles. The second kappa shape index (κ2) is 5.12. The predicted molar refractivity (Wildman–Crippen MR) is 78.4 cm³/mol. The highest BCUT2D eigenvalue weighted by Gasteiger charge is 2.13. The summed E-state index contributed by atoms with van der Waals surface area (Å²) in [7, 11) is 0. The van der Waals surface area contributed by atoms with E-state index in [1.54, 1.807) is 10.9 Å². The summed E-state index contributed by atoms with van der Waals surface area (Å²) in [6.45, 7) is 2.18. The molecule has 1 aliphatic carbocycles. The van der Waals surface area contributed by atoms with Gasteiger partial charge in [0, 0.05) is 5.39 Å². The SMILES string of the molecule is CC1CC=C(c2ccc3cnn(CC(=O)O)c3c2)CC1. The van der Waals surface area contributed by atoms with Gasteiger partial charge in [-0.05, 0) is 42.4 Å². The zero-order valence-corrected chi connectivity index (χ0v) is 11.5. The van der Waals surface area contributed by atoms with Crippen molar-refractivity contribution in [1.29, 1.82) is 0 Å². The van der Waals surface area contributed by atoms with Crippen molar-refractivity contribution in [2.45, 2.75) is 32.7 Å². The van der Waals surface area contributed by atoms with Crippen molar-refractivity contribution in [3.05, 3.63) is 36.0 Å². The monoisotopic (exact) mass is 270 g/mol. The first-order valence-electron chi connectivity index (χ1n) is 7.00. The topological polar surface area (TPSA) is 55.1 Å². The molecule has 1 N–H and O–H groups in total. The van der Waals surface area contributed by atoms with Gasteiger partial charge in [0.2, 0.25) is 0 Å². The molecule has 0 aliphatic heterocycles. The van der Waals surface area contributed by atoms with E-state index < -0.39 is 5.97 Å². The Morgan fingerprint density at radius 3 is 3.05 bits per heavy atom. The van der Waals surface area contributed by atoms with Crippen LogP contribution in [0, 0.1) is 5.92 Å². The maximum absolute atomic E-state index is 10.9. The number of fused-ring (bicyclic) bond motifs is 1. The van der Waals surface area contributed by atoms with E-state index in [9.17, 15) is 4.79 Å². The van der Waals surface area contributed by atoms with E-state index in [2.05, 4.69) is 30.2 Å². The van der Waals surface area contributed by atoms with Gasteiger partial charge in [-0.15, -0.1) is 0 Å². The first kappa shape index (κ1) is 12.9. The molecule has 104 valence electrons. The quantitative estimate of drug-likeness (QED) is 0.930.